The van der Waals surface area contributed by atoms with Gasteiger partial charge in [0.05, 0.1) is 5.70 Å². The number of hydrogen-bond donors (Lipinski definition) is 3. The first kappa shape index (κ1) is 10.2. The molecule has 3 N–H and O–H groups in total. The van der Waals surface area contributed by atoms with E-state index in [0.29, 0.717) is 11.2 Å². The SMILES string of the molecule is C=C(/C=C(\C)B(O)OC)NO. The Bertz CT molecular complexity index is 169. The van der Waals surface area contributed by atoms with E-state index >= 15 is 0 Å². The Balaban J connectivity index is 4.09. The first-order valence-electron chi connectivity index (χ1n) is 3.10. The highest BCUT2D eigenvalue weighted by Gasteiger charge is 2.12. The molecule has 4 nitrogen and oxygen atoms in total. The molecule has 0 aliphatic heterocycles. The second-order valence-electron chi connectivity index (χ2n) is 2.11. The highest BCUT2D eigenvalue weighted by molar-refractivity contribution is 6.52. The molecule has 0 aromatic carbocycles. The van der Waals surface area contributed by atoms with Crippen molar-refractivity contribution in [2.75, 3.05) is 7.11 Å². The molecule has 11 heavy (non-hydrogen) atoms. The molecule has 5 heteroatoms. The zero-order valence-electron chi connectivity index (χ0n) is 6.66. The predicted molar refractivity (Wildman–Crippen MR) is 42.8 cm³/mol. The number of allylic oxidation sites excluding steroid dienone is 2. The summed E-state index contributed by atoms with van der Waals surface area (Å²) in [5.74, 6) is 0. The van der Waals surface area contributed by atoms with Gasteiger partial charge in [0.25, 0.3) is 0 Å². The lowest BCUT2D eigenvalue weighted by Gasteiger charge is -2.03. The van der Waals surface area contributed by atoms with Crippen LogP contribution < -0.4 is 5.48 Å². The third-order valence-electron chi connectivity index (χ3n) is 1.16. The Morgan fingerprint density at radius 3 is 2.64 bits per heavy atom. The van der Waals surface area contributed by atoms with Gasteiger partial charge in [0.15, 0.2) is 0 Å². The highest BCUT2D eigenvalue weighted by Crippen LogP contribution is 2.00. The van der Waals surface area contributed by atoms with Gasteiger partial charge in [-0.05, 0) is 18.5 Å². The van der Waals surface area contributed by atoms with Gasteiger partial charge in [-0.25, -0.2) is 0 Å². The van der Waals surface area contributed by atoms with Crippen LogP contribution in [0, 0.1) is 0 Å². The van der Waals surface area contributed by atoms with E-state index in [1.54, 1.807) is 6.92 Å². The molecule has 0 aliphatic carbocycles. The molecule has 0 aromatic rings. The van der Waals surface area contributed by atoms with Gasteiger partial charge in [0, 0.05) is 7.11 Å². The van der Waals surface area contributed by atoms with Crippen LogP contribution in [-0.4, -0.2) is 24.5 Å². The lowest BCUT2D eigenvalue weighted by Crippen LogP contribution is -2.18. The van der Waals surface area contributed by atoms with Crippen molar-refractivity contribution < 1.29 is 14.9 Å². The Morgan fingerprint density at radius 1 is 1.73 bits per heavy atom. The van der Waals surface area contributed by atoms with Crippen LogP contribution in [0.3, 0.4) is 0 Å². The van der Waals surface area contributed by atoms with E-state index in [0.717, 1.165) is 0 Å². The van der Waals surface area contributed by atoms with Gasteiger partial charge in [-0.1, -0.05) is 6.58 Å². The topological polar surface area (TPSA) is 61.7 Å². The van der Waals surface area contributed by atoms with Crippen molar-refractivity contribution in [1.29, 1.82) is 0 Å². The summed E-state index contributed by atoms with van der Waals surface area (Å²) in [6.45, 7) is 5.09. The van der Waals surface area contributed by atoms with Gasteiger partial charge in [0.1, 0.15) is 0 Å². The largest absolute Gasteiger partial charge is 0.486 e. The number of nitrogens with one attached hydrogen (secondary N) is 1. The number of rotatable bonds is 4. The van der Waals surface area contributed by atoms with Crippen molar-refractivity contribution in [2.24, 2.45) is 0 Å². The average molecular weight is 157 g/mol. The molecule has 0 saturated carbocycles. The van der Waals surface area contributed by atoms with Crippen molar-refractivity contribution in [3.05, 3.63) is 23.8 Å². The molecular formula is C6H12BNO3. The fourth-order valence-corrected chi connectivity index (χ4v) is 0.564. The fraction of sp³-hybridized carbons (Fsp3) is 0.333. The van der Waals surface area contributed by atoms with Gasteiger partial charge in [0.2, 0.25) is 0 Å². The minimum atomic E-state index is -0.944. The average Bonchev–Trinajstić information content (AvgIpc) is 2.02. The van der Waals surface area contributed by atoms with E-state index in [9.17, 15) is 0 Å². The molecule has 0 rings (SSSR count). The van der Waals surface area contributed by atoms with E-state index in [4.69, 9.17) is 10.2 Å². The number of hydrogen-bond acceptors (Lipinski definition) is 4. The van der Waals surface area contributed by atoms with Gasteiger partial charge in [-0.2, -0.15) is 0 Å². The normalized spacial score (nSPS) is 11.1. The maximum atomic E-state index is 9.03. The molecule has 0 heterocycles. The number of hydroxylamine groups is 1. The summed E-state index contributed by atoms with van der Waals surface area (Å²) >= 11 is 0. The van der Waals surface area contributed by atoms with E-state index < -0.39 is 7.12 Å². The third kappa shape index (κ3) is 3.82. The van der Waals surface area contributed by atoms with Crippen LogP contribution in [-0.2, 0) is 4.65 Å². The molecule has 0 fully saturated rings. The summed E-state index contributed by atoms with van der Waals surface area (Å²) in [5, 5.41) is 17.4. The molecule has 0 amide bonds. The molecule has 0 atom stereocenters. The second-order valence-corrected chi connectivity index (χ2v) is 2.11. The van der Waals surface area contributed by atoms with Crippen LogP contribution in [0.1, 0.15) is 6.92 Å². The zero-order chi connectivity index (χ0) is 8.85. The summed E-state index contributed by atoms with van der Waals surface area (Å²) in [7, 11) is 0.442. The van der Waals surface area contributed by atoms with Gasteiger partial charge >= 0.3 is 7.12 Å². The maximum Gasteiger partial charge on any atom is 0.486 e. The first-order chi connectivity index (χ1) is 5.11. The quantitative estimate of drug-likeness (QED) is 0.307. The Morgan fingerprint density at radius 2 is 2.27 bits per heavy atom. The monoisotopic (exact) mass is 157 g/mol. The molecule has 0 bridgehead atoms. The molecular weight excluding hydrogens is 145 g/mol. The first-order valence-corrected chi connectivity index (χ1v) is 3.10. The van der Waals surface area contributed by atoms with E-state index in [2.05, 4.69) is 11.2 Å². The Labute approximate surface area is 66.3 Å². The van der Waals surface area contributed by atoms with Crippen LogP contribution in [0.15, 0.2) is 23.8 Å². The summed E-state index contributed by atoms with van der Waals surface area (Å²) in [6, 6.07) is 0. The Kier molecular flexibility index (Phi) is 4.60. The van der Waals surface area contributed by atoms with Gasteiger partial charge in [-0.15, -0.1) is 0 Å². The fourth-order valence-electron chi connectivity index (χ4n) is 0.564. The van der Waals surface area contributed by atoms with E-state index in [1.807, 2.05) is 5.48 Å². The summed E-state index contributed by atoms with van der Waals surface area (Å²) in [4.78, 5) is 0. The zero-order valence-corrected chi connectivity index (χ0v) is 6.66. The van der Waals surface area contributed by atoms with Crippen molar-refractivity contribution >= 4 is 7.12 Å². The van der Waals surface area contributed by atoms with Crippen LogP contribution in [0.4, 0.5) is 0 Å². The molecule has 0 spiro atoms. The lowest BCUT2D eigenvalue weighted by molar-refractivity contribution is 0.205. The Hall–Kier alpha value is -0.775. The lowest BCUT2D eigenvalue weighted by atomic mass is 9.79. The van der Waals surface area contributed by atoms with Crippen LogP contribution >= 0.6 is 0 Å². The summed E-state index contributed by atoms with van der Waals surface area (Å²) < 4.78 is 4.59. The van der Waals surface area contributed by atoms with E-state index in [-0.39, 0.29) is 0 Å². The highest BCUT2D eigenvalue weighted by atomic mass is 16.5. The summed E-state index contributed by atoms with van der Waals surface area (Å²) in [5.41, 5.74) is 2.71. The third-order valence-corrected chi connectivity index (χ3v) is 1.16. The minimum Gasteiger partial charge on any atom is -0.423 e. The standard InChI is InChI=1S/C6H12BNO3/c1-5(7(9)11-3)4-6(2)8-10/h4,8-10H,2H2,1,3H3/b5-4+. The van der Waals surface area contributed by atoms with Gasteiger partial charge in [-0.3, -0.25) is 10.7 Å². The molecule has 0 unspecified atom stereocenters. The maximum absolute atomic E-state index is 9.03. The van der Waals surface area contributed by atoms with Crippen molar-refractivity contribution in [3.63, 3.8) is 0 Å². The molecule has 0 aliphatic rings. The molecule has 0 saturated heterocycles. The van der Waals surface area contributed by atoms with Crippen LogP contribution in [0.2, 0.25) is 0 Å². The van der Waals surface area contributed by atoms with Crippen molar-refractivity contribution in [3.8, 4) is 0 Å². The second kappa shape index (κ2) is 4.95. The van der Waals surface area contributed by atoms with Crippen molar-refractivity contribution in [1.82, 2.24) is 5.48 Å². The summed E-state index contributed by atoms with van der Waals surface area (Å²) in [6.07, 6.45) is 1.48. The molecule has 0 aromatic heterocycles. The minimum absolute atomic E-state index is 0.304. The van der Waals surface area contributed by atoms with Crippen LogP contribution in [0.25, 0.3) is 0 Å². The van der Waals surface area contributed by atoms with Crippen molar-refractivity contribution in [2.45, 2.75) is 6.92 Å². The smallest absolute Gasteiger partial charge is 0.423 e. The molecule has 0 radical (unpaired) electrons. The predicted octanol–water partition coefficient (Wildman–Crippen LogP) is 0.0913. The molecule has 62 valence electrons. The van der Waals surface area contributed by atoms with Gasteiger partial charge < -0.3 is 9.68 Å². The van der Waals surface area contributed by atoms with E-state index in [1.165, 1.54) is 13.2 Å². The van der Waals surface area contributed by atoms with Crippen LogP contribution in [0.5, 0.6) is 0 Å².